The molecule has 0 bridgehead atoms. The van der Waals surface area contributed by atoms with Gasteiger partial charge in [-0.05, 0) is 37.1 Å². The fourth-order valence-corrected chi connectivity index (χ4v) is 1.48. The van der Waals surface area contributed by atoms with Crippen LogP contribution in [0, 0.1) is 0 Å². The van der Waals surface area contributed by atoms with Crippen LogP contribution in [0.3, 0.4) is 0 Å². The molecule has 1 unspecified atom stereocenters. The molecule has 0 spiro atoms. The van der Waals surface area contributed by atoms with Crippen LogP contribution in [0.25, 0.3) is 0 Å². The van der Waals surface area contributed by atoms with E-state index in [0.29, 0.717) is 0 Å². The average Bonchev–Trinajstić information content (AvgIpc) is 2.35. The van der Waals surface area contributed by atoms with Gasteiger partial charge in [-0.1, -0.05) is 6.92 Å². The topological polar surface area (TPSA) is 51.2 Å². The molecule has 4 nitrogen and oxygen atoms in total. The Kier molecular flexibility index (Phi) is 5.50. The molecule has 0 aliphatic heterocycles. The minimum atomic E-state index is -0.202. The average molecular weight is 222 g/mol. The zero-order chi connectivity index (χ0) is 11.8. The van der Waals surface area contributed by atoms with E-state index in [1.54, 1.807) is 12.4 Å². The highest BCUT2D eigenvalue weighted by Crippen LogP contribution is 1.98. The largest absolute Gasteiger partial charge is 0.468 e. The van der Waals surface area contributed by atoms with Crippen LogP contribution in [0.2, 0.25) is 0 Å². The highest BCUT2D eigenvalue weighted by Gasteiger charge is 2.15. The smallest absolute Gasteiger partial charge is 0.322 e. The van der Waals surface area contributed by atoms with Gasteiger partial charge in [0.1, 0.15) is 6.04 Å². The number of ether oxygens (including phenoxy) is 1. The summed E-state index contributed by atoms with van der Waals surface area (Å²) in [7, 11) is 1.41. The fourth-order valence-electron chi connectivity index (χ4n) is 1.48. The second-order valence-corrected chi connectivity index (χ2v) is 3.54. The number of aromatic nitrogens is 1. The van der Waals surface area contributed by atoms with E-state index in [4.69, 9.17) is 4.74 Å². The standard InChI is InChI=1S/C12H18N2O2/c1-3-11(12(15)16-2)14-9-6-10-4-7-13-8-5-10/h4-5,7-8,11,14H,3,6,9H2,1-2H3. The molecule has 16 heavy (non-hydrogen) atoms. The van der Waals surface area contributed by atoms with Gasteiger partial charge in [0.2, 0.25) is 0 Å². The van der Waals surface area contributed by atoms with Crippen LogP contribution in [0.5, 0.6) is 0 Å². The second kappa shape index (κ2) is 6.95. The van der Waals surface area contributed by atoms with Crippen molar-refractivity contribution in [3.05, 3.63) is 30.1 Å². The van der Waals surface area contributed by atoms with Gasteiger partial charge in [0, 0.05) is 12.4 Å². The Morgan fingerprint density at radius 3 is 2.75 bits per heavy atom. The van der Waals surface area contributed by atoms with Crippen LogP contribution in [0.4, 0.5) is 0 Å². The summed E-state index contributed by atoms with van der Waals surface area (Å²) in [6, 6.07) is 3.74. The summed E-state index contributed by atoms with van der Waals surface area (Å²) < 4.78 is 4.69. The third-order valence-electron chi connectivity index (χ3n) is 2.45. The van der Waals surface area contributed by atoms with Crippen LogP contribution >= 0.6 is 0 Å². The van der Waals surface area contributed by atoms with E-state index in [9.17, 15) is 4.79 Å². The van der Waals surface area contributed by atoms with Gasteiger partial charge in [-0.25, -0.2) is 0 Å². The van der Waals surface area contributed by atoms with E-state index >= 15 is 0 Å². The Bertz CT molecular complexity index is 314. The highest BCUT2D eigenvalue weighted by atomic mass is 16.5. The lowest BCUT2D eigenvalue weighted by Crippen LogP contribution is -2.38. The van der Waals surface area contributed by atoms with E-state index in [-0.39, 0.29) is 12.0 Å². The Morgan fingerprint density at radius 1 is 1.50 bits per heavy atom. The number of carbonyl (C=O) groups is 1. The molecule has 0 radical (unpaired) electrons. The van der Waals surface area contributed by atoms with Crippen molar-refractivity contribution in [1.82, 2.24) is 10.3 Å². The van der Waals surface area contributed by atoms with E-state index in [1.165, 1.54) is 12.7 Å². The lowest BCUT2D eigenvalue weighted by molar-refractivity contribution is -0.143. The molecular formula is C12H18N2O2. The Morgan fingerprint density at radius 2 is 2.19 bits per heavy atom. The molecule has 1 aromatic heterocycles. The fraction of sp³-hybridized carbons (Fsp3) is 0.500. The van der Waals surface area contributed by atoms with Gasteiger partial charge < -0.3 is 10.1 Å². The van der Waals surface area contributed by atoms with Crippen molar-refractivity contribution in [2.45, 2.75) is 25.8 Å². The maximum Gasteiger partial charge on any atom is 0.322 e. The maximum absolute atomic E-state index is 11.3. The lowest BCUT2D eigenvalue weighted by Gasteiger charge is -2.14. The summed E-state index contributed by atoms with van der Waals surface area (Å²) in [5.74, 6) is -0.197. The third-order valence-corrected chi connectivity index (χ3v) is 2.45. The number of hydrogen-bond donors (Lipinski definition) is 1. The molecule has 0 fully saturated rings. The van der Waals surface area contributed by atoms with Crippen molar-refractivity contribution in [1.29, 1.82) is 0 Å². The van der Waals surface area contributed by atoms with Crippen LogP contribution in [-0.2, 0) is 16.0 Å². The van der Waals surface area contributed by atoms with Gasteiger partial charge in [0.25, 0.3) is 0 Å². The molecule has 0 saturated heterocycles. The van der Waals surface area contributed by atoms with E-state index in [2.05, 4.69) is 10.3 Å². The van der Waals surface area contributed by atoms with E-state index in [0.717, 1.165) is 19.4 Å². The molecule has 1 N–H and O–H groups in total. The Labute approximate surface area is 96.0 Å². The van der Waals surface area contributed by atoms with Crippen molar-refractivity contribution in [2.24, 2.45) is 0 Å². The zero-order valence-corrected chi connectivity index (χ0v) is 9.77. The number of methoxy groups -OCH3 is 1. The number of nitrogens with one attached hydrogen (secondary N) is 1. The molecule has 0 saturated carbocycles. The van der Waals surface area contributed by atoms with Crippen molar-refractivity contribution >= 4 is 5.97 Å². The predicted octanol–water partition coefficient (Wildman–Crippen LogP) is 1.17. The normalized spacial score (nSPS) is 12.1. The second-order valence-electron chi connectivity index (χ2n) is 3.54. The van der Waals surface area contributed by atoms with Crippen molar-refractivity contribution in [3.63, 3.8) is 0 Å². The summed E-state index contributed by atoms with van der Waals surface area (Å²) >= 11 is 0. The molecule has 88 valence electrons. The molecule has 0 aromatic carbocycles. The van der Waals surface area contributed by atoms with E-state index < -0.39 is 0 Å². The van der Waals surface area contributed by atoms with Gasteiger partial charge in [-0.3, -0.25) is 9.78 Å². The highest BCUT2D eigenvalue weighted by molar-refractivity contribution is 5.75. The maximum atomic E-state index is 11.3. The summed E-state index contributed by atoms with van der Waals surface area (Å²) in [4.78, 5) is 15.2. The van der Waals surface area contributed by atoms with Gasteiger partial charge in [-0.2, -0.15) is 0 Å². The molecule has 0 amide bonds. The molecule has 1 rings (SSSR count). The van der Waals surface area contributed by atoms with Gasteiger partial charge in [0.15, 0.2) is 0 Å². The van der Waals surface area contributed by atoms with Gasteiger partial charge in [-0.15, -0.1) is 0 Å². The van der Waals surface area contributed by atoms with Crippen LogP contribution in [-0.4, -0.2) is 30.6 Å². The van der Waals surface area contributed by atoms with Crippen LogP contribution < -0.4 is 5.32 Å². The first-order chi connectivity index (χ1) is 7.77. The van der Waals surface area contributed by atoms with E-state index in [1.807, 2.05) is 19.1 Å². The number of pyridine rings is 1. The number of carbonyl (C=O) groups excluding carboxylic acids is 1. The number of rotatable bonds is 6. The summed E-state index contributed by atoms with van der Waals surface area (Å²) in [6.07, 6.45) is 5.17. The molecule has 1 heterocycles. The molecule has 1 aromatic rings. The van der Waals surface area contributed by atoms with Crippen molar-refractivity contribution < 1.29 is 9.53 Å². The first-order valence-corrected chi connectivity index (χ1v) is 5.48. The first-order valence-electron chi connectivity index (χ1n) is 5.48. The molecule has 1 atom stereocenters. The monoisotopic (exact) mass is 222 g/mol. The number of hydrogen-bond acceptors (Lipinski definition) is 4. The summed E-state index contributed by atoms with van der Waals surface area (Å²) in [5, 5.41) is 3.17. The third kappa shape index (κ3) is 3.98. The summed E-state index contributed by atoms with van der Waals surface area (Å²) in [6.45, 7) is 2.72. The number of esters is 1. The molecule has 0 aliphatic carbocycles. The predicted molar refractivity (Wildman–Crippen MR) is 62.0 cm³/mol. The first kappa shape index (κ1) is 12.6. The van der Waals surface area contributed by atoms with Crippen molar-refractivity contribution in [3.8, 4) is 0 Å². The van der Waals surface area contributed by atoms with Gasteiger partial charge in [0.05, 0.1) is 7.11 Å². The lowest BCUT2D eigenvalue weighted by atomic mass is 10.2. The molecule has 4 heteroatoms. The molecular weight excluding hydrogens is 204 g/mol. The SMILES string of the molecule is CCC(NCCc1ccncc1)C(=O)OC. The van der Waals surface area contributed by atoms with Gasteiger partial charge >= 0.3 is 5.97 Å². The minimum absolute atomic E-state index is 0.197. The quantitative estimate of drug-likeness (QED) is 0.734. The van der Waals surface area contributed by atoms with Crippen LogP contribution in [0.1, 0.15) is 18.9 Å². The Balaban J connectivity index is 2.31. The summed E-state index contributed by atoms with van der Waals surface area (Å²) in [5.41, 5.74) is 1.21. The number of nitrogens with zero attached hydrogens (tertiary/aromatic N) is 1. The van der Waals surface area contributed by atoms with Crippen LogP contribution in [0.15, 0.2) is 24.5 Å². The Hall–Kier alpha value is -1.42. The minimum Gasteiger partial charge on any atom is -0.468 e. The van der Waals surface area contributed by atoms with Crippen molar-refractivity contribution in [2.75, 3.05) is 13.7 Å². The zero-order valence-electron chi connectivity index (χ0n) is 9.77. The molecule has 0 aliphatic rings.